The van der Waals surface area contributed by atoms with Crippen LogP contribution in [0.25, 0.3) is 6.05 Å². The first-order chi connectivity index (χ1) is 18.1. The predicted octanol–water partition coefficient (Wildman–Crippen LogP) is 4.99. The molecule has 0 aliphatic heterocycles. The van der Waals surface area contributed by atoms with Crippen LogP contribution in [-0.4, -0.2) is 9.97 Å². The molecule has 0 atom stereocenters. The third kappa shape index (κ3) is 4.51. The molecular formula is C22H18N6. The molecule has 3 aromatic rings. The van der Waals surface area contributed by atoms with Crippen LogP contribution in [0.15, 0.2) is 54.6 Å². The molecule has 2 aromatic carbocycles. The van der Waals surface area contributed by atoms with Gasteiger partial charge in [0.15, 0.2) is 0 Å². The zero-order valence-electron chi connectivity index (χ0n) is 25.4. The van der Waals surface area contributed by atoms with Gasteiger partial charge < -0.3 is 10.6 Å². The predicted molar refractivity (Wildman–Crippen MR) is 110 cm³/mol. The Morgan fingerprint density at radius 2 is 1.96 bits per heavy atom. The van der Waals surface area contributed by atoms with Crippen LogP contribution < -0.4 is 10.6 Å². The van der Waals surface area contributed by atoms with Gasteiger partial charge in [-0.2, -0.15) is 15.5 Å². The molecule has 0 spiro atoms. The number of nitrogens with one attached hydrogen (secondary N) is 2. The van der Waals surface area contributed by atoms with Gasteiger partial charge in [0.2, 0.25) is 5.95 Å². The Balaban J connectivity index is 2.22. The smallest absolute Gasteiger partial charge is 0.229 e. The van der Waals surface area contributed by atoms with E-state index >= 15 is 0 Å². The Bertz CT molecular complexity index is 1590. The first-order valence-electron chi connectivity index (χ1n) is 13.2. The molecule has 3 rings (SSSR count). The number of hydrogen-bond donors (Lipinski definition) is 2. The van der Waals surface area contributed by atoms with E-state index < -0.39 is 60.2 Å². The maximum Gasteiger partial charge on any atom is 0.229 e. The zero-order valence-corrected chi connectivity index (χ0v) is 14.4. The van der Waals surface area contributed by atoms with Crippen molar-refractivity contribution in [2.45, 2.75) is 13.8 Å². The minimum absolute atomic E-state index is 0.0769. The quantitative estimate of drug-likeness (QED) is 0.608. The summed E-state index contributed by atoms with van der Waals surface area (Å²) in [5, 5.41) is 23.2. The average Bonchev–Trinajstić information content (AvgIpc) is 2.85. The number of nitriles is 2. The summed E-state index contributed by atoms with van der Waals surface area (Å²) in [6.07, 6.45) is -0.618. The lowest BCUT2D eigenvalue weighted by Crippen LogP contribution is -2.02. The van der Waals surface area contributed by atoms with Crippen molar-refractivity contribution in [3.63, 3.8) is 0 Å². The van der Waals surface area contributed by atoms with Gasteiger partial charge in [0, 0.05) is 27.7 Å². The van der Waals surface area contributed by atoms with E-state index in [1.165, 1.54) is 25.1 Å². The van der Waals surface area contributed by atoms with E-state index in [1.54, 1.807) is 0 Å². The van der Waals surface area contributed by atoms with Crippen LogP contribution in [0.3, 0.4) is 0 Å². The average molecular weight is 377 g/mol. The lowest BCUT2D eigenvalue weighted by Gasteiger charge is -2.14. The fourth-order valence-corrected chi connectivity index (χ4v) is 2.12. The van der Waals surface area contributed by atoms with Crippen molar-refractivity contribution in [3.05, 3.63) is 76.8 Å². The number of hydrogen-bond acceptors (Lipinski definition) is 6. The van der Waals surface area contributed by atoms with E-state index in [2.05, 4.69) is 20.6 Å². The van der Waals surface area contributed by atoms with E-state index in [-0.39, 0.29) is 40.5 Å². The van der Waals surface area contributed by atoms with Gasteiger partial charge in [-0.1, -0.05) is 0 Å². The Labute approximate surface area is 179 Å². The van der Waals surface area contributed by atoms with Crippen molar-refractivity contribution in [3.8, 4) is 12.1 Å². The van der Waals surface area contributed by atoms with Crippen molar-refractivity contribution in [1.82, 2.24) is 9.97 Å². The van der Waals surface area contributed by atoms with Crippen LogP contribution in [0.4, 0.5) is 23.1 Å². The normalized spacial score (nSPS) is 17.0. The molecule has 28 heavy (non-hydrogen) atoms. The molecule has 0 saturated carbocycles. The summed E-state index contributed by atoms with van der Waals surface area (Å²) in [4.78, 5) is 7.88. The van der Waals surface area contributed by atoms with Gasteiger partial charge in [-0.05, 0) is 78.9 Å². The van der Waals surface area contributed by atoms with Crippen molar-refractivity contribution in [2.24, 2.45) is 0 Å². The lowest BCUT2D eigenvalue weighted by molar-refractivity contribution is 1.16. The summed E-state index contributed by atoms with van der Waals surface area (Å²) < 4.78 is 88.8. The summed E-state index contributed by atoms with van der Waals surface area (Å²) in [5.74, 6) is -0.736. The van der Waals surface area contributed by atoms with Crippen molar-refractivity contribution in [2.75, 3.05) is 10.6 Å². The van der Waals surface area contributed by atoms with Crippen LogP contribution >= 0.6 is 0 Å². The molecule has 0 saturated heterocycles. The molecule has 0 aliphatic carbocycles. The van der Waals surface area contributed by atoms with Gasteiger partial charge in [-0.25, -0.2) is 4.98 Å². The highest BCUT2D eigenvalue weighted by Crippen LogP contribution is 2.26. The fourth-order valence-electron chi connectivity index (χ4n) is 2.12. The highest BCUT2D eigenvalue weighted by molar-refractivity contribution is 5.69. The van der Waals surface area contributed by atoms with Gasteiger partial charge in [-0.3, -0.25) is 0 Å². The second-order valence-electron chi connectivity index (χ2n) is 5.26. The second-order valence-corrected chi connectivity index (χ2v) is 5.26. The van der Waals surface area contributed by atoms with Crippen molar-refractivity contribution < 1.29 is 15.1 Å². The zero-order chi connectivity index (χ0) is 29.4. The van der Waals surface area contributed by atoms with E-state index in [4.69, 9.17) is 25.6 Å². The molecule has 0 radical (unpaired) electrons. The molecule has 1 heterocycles. The van der Waals surface area contributed by atoms with Crippen molar-refractivity contribution in [1.29, 1.82) is 10.5 Å². The standard InChI is InChI=1S/C22H18N6/c1-15-12-18(4-3-10-23)13-16(2)21(15)27-20-9-11-25-22(28-20)26-19-7-5-17(14-24)6-8-19/h3-9,11-13H,1-2H3,(H2,25,26,27,28)/b4-3+/i1D3,3D,4D,7D,8D,9D,11D,12D,13D. The molecule has 0 bridgehead atoms. The summed E-state index contributed by atoms with van der Waals surface area (Å²) >= 11 is 0. The third-order valence-electron chi connectivity index (χ3n) is 3.34. The van der Waals surface area contributed by atoms with Crippen molar-refractivity contribution >= 4 is 29.2 Å². The molecule has 0 fully saturated rings. The number of aromatic nitrogens is 2. The van der Waals surface area contributed by atoms with Crippen LogP contribution in [0.2, 0.25) is 0 Å². The number of allylic oxidation sites excluding steroid dienone is 1. The Hall–Kier alpha value is -4.16. The van der Waals surface area contributed by atoms with E-state index in [9.17, 15) is 0 Å². The van der Waals surface area contributed by atoms with Crippen LogP contribution in [0, 0.1) is 36.4 Å². The monoisotopic (exact) mass is 377 g/mol. The lowest BCUT2D eigenvalue weighted by atomic mass is 10.0. The first kappa shape index (κ1) is 9.16. The van der Waals surface area contributed by atoms with Crippen LogP contribution in [0.1, 0.15) is 37.3 Å². The first-order valence-corrected chi connectivity index (χ1v) is 7.75. The van der Waals surface area contributed by atoms with Gasteiger partial charge in [-0.15, -0.1) is 0 Å². The molecule has 0 amide bonds. The molecule has 6 heteroatoms. The topological polar surface area (TPSA) is 97.4 Å². The number of rotatable bonds is 5. The van der Waals surface area contributed by atoms with Crippen LogP contribution in [0.5, 0.6) is 0 Å². The summed E-state index contributed by atoms with van der Waals surface area (Å²) in [6.45, 7) is -1.67. The Morgan fingerprint density at radius 3 is 2.68 bits per heavy atom. The second kappa shape index (κ2) is 8.48. The van der Waals surface area contributed by atoms with Gasteiger partial charge in [0.25, 0.3) is 0 Å². The largest absolute Gasteiger partial charge is 0.340 e. The highest BCUT2D eigenvalue weighted by atomic mass is 15.1. The Kier molecular flexibility index (Phi) is 2.78. The van der Waals surface area contributed by atoms with Crippen LogP contribution in [-0.2, 0) is 0 Å². The SMILES string of the molecule is [2H]/C(C#N)=C(/[2H])c1c([2H])c(C)c(Nc2nc(Nc3c([2H])cc(C#N)cc3[2H])nc([2H])c2[2H])c(C([2H])([2H])[2H])c1[2H]. The van der Waals surface area contributed by atoms with Gasteiger partial charge in [0.1, 0.15) is 5.82 Å². The minimum Gasteiger partial charge on any atom is -0.340 e. The van der Waals surface area contributed by atoms with E-state index in [1.807, 2.05) is 6.07 Å². The molecular weight excluding hydrogens is 348 g/mol. The molecule has 0 unspecified atom stereocenters. The fraction of sp³-hybridized carbons (Fsp3) is 0.0909. The summed E-state index contributed by atoms with van der Waals surface area (Å²) in [5.41, 5.74) is -1.61. The maximum absolute atomic E-state index is 9.02. The number of benzene rings is 2. The molecule has 136 valence electrons. The molecule has 1 aromatic heterocycles. The molecule has 0 aliphatic rings. The maximum atomic E-state index is 9.02. The molecule has 6 nitrogen and oxygen atoms in total. The van der Waals surface area contributed by atoms with Gasteiger partial charge in [0.05, 0.1) is 28.7 Å². The van der Waals surface area contributed by atoms with E-state index in [0.717, 1.165) is 0 Å². The summed E-state index contributed by atoms with van der Waals surface area (Å²) in [6, 6.07) is 1.64. The number of anilines is 4. The number of nitrogens with zero attached hydrogens (tertiary/aromatic N) is 4. The van der Waals surface area contributed by atoms with E-state index in [0.29, 0.717) is 0 Å². The minimum atomic E-state index is -2.98. The summed E-state index contributed by atoms with van der Waals surface area (Å²) in [7, 11) is 0. The highest BCUT2D eigenvalue weighted by Gasteiger charge is 2.07. The Morgan fingerprint density at radius 1 is 1.18 bits per heavy atom. The third-order valence-corrected chi connectivity index (χ3v) is 3.34. The molecule has 2 N–H and O–H groups in total. The van der Waals surface area contributed by atoms with Gasteiger partial charge >= 0.3 is 0 Å².